The molecule has 0 atom stereocenters. The minimum atomic E-state index is -0.487. The van der Waals surface area contributed by atoms with Crippen molar-refractivity contribution < 1.29 is 14.3 Å². The Balaban J connectivity index is 1.70. The van der Waals surface area contributed by atoms with Gasteiger partial charge in [-0.2, -0.15) is 0 Å². The molecule has 30 heavy (non-hydrogen) atoms. The minimum Gasteiger partial charge on any atom is -0.462 e. The van der Waals surface area contributed by atoms with Gasteiger partial charge in [0.1, 0.15) is 5.82 Å². The van der Waals surface area contributed by atoms with Crippen molar-refractivity contribution in [3.8, 4) is 0 Å². The smallest absolute Gasteiger partial charge is 0.340 e. The Morgan fingerprint density at radius 2 is 1.83 bits per heavy atom. The van der Waals surface area contributed by atoms with Crippen molar-refractivity contribution in [2.75, 3.05) is 25.0 Å². The fourth-order valence-electron chi connectivity index (χ4n) is 3.07. The minimum absolute atomic E-state index is 0.0736. The summed E-state index contributed by atoms with van der Waals surface area (Å²) in [5, 5.41) is 3.29. The number of esters is 1. The van der Waals surface area contributed by atoms with Gasteiger partial charge in [-0.15, -0.1) is 0 Å². The van der Waals surface area contributed by atoms with Gasteiger partial charge in [-0.3, -0.25) is 14.5 Å². The van der Waals surface area contributed by atoms with Gasteiger partial charge in [0.05, 0.1) is 41.9 Å². The van der Waals surface area contributed by atoms with Crippen molar-refractivity contribution in [2.24, 2.45) is 0 Å². The summed E-state index contributed by atoms with van der Waals surface area (Å²) in [6.45, 7) is 4.85. The number of anilines is 1. The number of aromatic amines is 1. The first-order chi connectivity index (χ1) is 14.5. The molecule has 1 amide bonds. The van der Waals surface area contributed by atoms with Crippen LogP contribution in [-0.4, -0.2) is 46.4 Å². The van der Waals surface area contributed by atoms with E-state index in [9.17, 15) is 14.4 Å². The Labute approximate surface area is 173 Å². The second-order valence-electron chi connectivity index (χ2n) is 6.65. The van der Waals surface area contributed by atoms with E-state index in [4.69, 9.17) is 4.74 Å². The highest BCUT2D eigenvalue weighted by Gasteiger charge is 2.16. The molecule has 0 aliphatic heterocycles. The Hall–Kier alpha value is -3.52. The molecule has 0 fully saturated rings. The molecule has 3 aromatic rings. The molecule has 0 radical (unpaired) electrons. The molecule has 8 nitrogen and oxygen atoms in total. The lowest BCUT2D eigenvalue weighted by atomic mass is 10.2. The third-order valence-electron chi connectivity index (χ3n) is 4.55. The number of H-pyrrole nitrogens is 1. The van der Waals surface area contributed by atoms with Crippen LogP contribution in [0, 0.1) is 0 Å². The van der Waals surface area contributed by atoms with E-state index in [0.29, 0.717) is 41.1 Å². The zero-order valence-electron chi connectivity index (χ0n) is 17.0. The molecule has 0 spiro atoms. The molecule has 1 heterocycles. The lowest BCUT2D eigenvalue weighted by Gasteiger charge is -2.20. The van der Waals surface area contributed by atoms with Crippen molar-refractivity contribution in [2.45, 2.75) is 20.4 Å². The lowest BCUT2D eigenvalue weighted by Crippen LogP contribution is -2.34. The van der Waals surface area contributed by atoms with Gasteiger partial charge in [0.25, 0.3) is 5.56 Å². The van der Waals surface area contributed by atoms with Crippen molar-refractivity contribution in [1.82, 2.24) is 14.9 Å². The van der Waals surface area contributed by atoms with Crippen LogP contribution >= 0.6 is 0 Å². The van der Waals surface area contributed by atoms with E-state index >= 15 is 0 Å². The van der Waals surface area contributed by atoms with Crippen LogP contribution in [-0.2, 0) is 16.1 Å². The maximum absolute atomic E-state index is 12.6. The number of hydrogen-bond acceptors (Lipinski definition) is 6. The summed E-state index contributed by atoms with van der Waals surface area (Å²) >= 11 is 0. The highest BCUT2D eigenvalue weighted by molar-refractivity contribution is 6.01. The molecule has 0 unspecified atom stereocenters. The van der Waals surface area contributed by atoms with Gasteiger partial charge in [-0.05, 0) is 37.7 Å². The number of ether oxygens (including phenoxy) is 1. The number of aromatic nitrogens is 2. The fraction of sp³-hybridized carbons (Fsp3) is 0.273. The van der Waals surface area contributed by atoms with Gasteiger partial charge in [-0.1, -0.05) is 31.2 Å². The standard InChI is InChI=1S/C22H24N4O4/c1-3-26(13-19-23-17-11-7-5-9-15(17)21(28)25-19)14-20(27)24-18-12-8-6-10-16(18)22(29)30-4-2/h5-12H,3-4,13-14H2,1-2H3,(H,24,27)(H,23,25,28). The quantitative estimate of drug-likeness (QED) is 0.555. The Morgan fingerprint density at radius 1 is 1.10 bits per heavy atom. The van der Waals surface area contributed by atoms with Gasteiger partial charge in [0, 0.05) is 0 Å². The Morgan fingerprint density at radius 3 is 2.60 bits per heavy atom. The normalized spacial score (nSPS) is 10.9. The Kier molecular flexibility index (Phi) is 6.92. The summed E-state index contributed by atoms with van der Waals surface area (Å²) in [7, 11) is 0. The number of nitrogens with one attached hydrogen (secondary N) is 2. The van der Waals surface area contributed by atoms with Gasteiger partial charge >= 0.3 is 5.97 Å². The summed E-state index contributed by atoms with van der Waals surface area (Å²) in [4.78, 5) is 46.0. The van der Waals surface area contributed by atoms with Crippen molar-refractivity contribution in [3.05, 3.63) is 70.3 Å². The SMILES string of the molecule is CCOC(=O)c1ccccc1NC(=O)CN(CC)Cc1nc2ccccc2c(=O)[nH]1. The fourth-order valence-corrected chi connectivity index (χ4v) is 3.07. The van der Waals surface area contributed by atoms with Crippen LogP contribution in [0.3, 0.4) is 0 Å². The molecule has 1 aromatic heterocycles. The summed E-state index contributed by atoms with van der Waals surface area (Å²) in [6, 6.07) is 13.8. The number of nitrogens with zero attached hydrogens (tertiary/aromatic N) is 2. The first-order valence-corrected chi connectivity index (χ1v) is 9.78. The Bertz CT molecular complexity index is 1110. The van der Waals surface area contributed by atoms with Crippen LogP contribution in [0.25, 0.3) is 10.9 Å². The number of para-hydroxylation sites is 2. The van der Waals surface area contributed by atoms with E-state index in [1.54, 1.807) is 49.4 Å². The zero-order valence-corrected chi connectivity index (χ0v) is 17.0. The molecule has 8 heteroatoms. The number of hydrogen-bond donors (Lipinski definition) is 2. The summed E-state index contributed by atoms with van der Waals surface area (Å²) in [6.07, 6.45) is 0. The summed E-state index contributed by atoms with van der Waals surface area (Å²) in [5.74, 6) is -0.282. The number of carbonyl (C=O) groups is 2. The molecule has 0 saturated carbocycles. The second kappa shape index (κ2) is 9.80. The van der Waals surface area contributed by atoms with Gasteiger partial charge in [0.15, 0.2) is 0 Å². The number of rotatable bonds is 8. The van der Waals surface area contributed by atoms with Gasteiger partial charge < -0.3 is 15.0 Å². The first-order valence-electron chi connectivity index (χ1n) is 9.78. The lowest BCUT2D eigenvalue weighted by molar-refractivity contribution is -0.117. The number of likely N-dealkylation sites (N-methyl/N-ethyl adjacent to an activating group) is 1. The maximum atomic E-state index is 12.6. The van der Waals surface area contributed by atoms with Gasteiger partial charge in [-0.25, -0.2) is 9.78 Å². The zero-order chi connectivity index (χ0) is 21.5. The largest absolute Gasteiger partial charge is 0.462 e. The number of fused-ring (bicyclic) bond motifs is 1. The average Bonchev–Trinajstić information content (AvgIpc) is 2.74. The maximum Gasteiger partial charge on any atom is 0.340 e. The highest BCUT2D eigenvalue weighted by Crippen LogP contribution is 2.16. The summed E-state index contributed by atoms with van der Waals surface area (Å²) in [5.41, 5.74) is 1.10. The molecule has 0 bridgehead atoms. The van der Waals surface area contributed by atoms with Crippen molar-refractivity contribution in [1.29, 1.82) is 0 Å². The van der Waals surface area contributed by atoms with Crippen LogP contribution in [0.2, 0.25) is 0 Å². The van der Waals surface area contributed by atoms with E-state index in [1.165, 1.54) is 0 Å². The molecule has 2 N–H and O–H groups in total. The van der Waals surface area contributed by atoms with Crippen LogP contribution in [0.5, 0.6) is 0 Å². The molecule has 0 aliphatic rings. The molecule has 2 aromatic carbocycles. The molecule has 156 valence electrons. The molecule has 0 saturated heterocycles. The van der Waals surface area contributed by atoms with Crippen molar-refractivity contribution in [3.63, 3.8) is 0 Å². The van der Waals surface area contributed by atoms with Gasteiger partial charge in [0.2, 0.25) is 5.91 Å². The monoisotopic (exact) mass is 408 g/mol. The van der Waals surface area contributed by atoms with E-state index in [1.807, 2.05) is 17.9 Å². The average molecular weight is 408 g/mol. The first kappa shape index (κ1) is 21.2. The van der Waals surface area contributed by atoms with E-state index < -0.39 is 5.97 Å². The molecule has 0 aliphatic carbocycles. The van der Waals surface area contributed by atoms with Crippen molar-refractivity contribution >= 4 is 28.5 Å². The number of benzene rings is 2. The van der Waals surface area contributed by atoms with Crippen LogP contribution in [0.4, 0.5) is 5.69 Å². The molecule has 3 rings (SSSR count). The highest BCUT2D eigenvalue weighted by atomic mass is 16.5. The van der Waals surface area contributed by atoms with Crippen LogP contribution < -0.4 is 10.9 Å². The number of amides is 1. The molecular weight excluding hydrogens is 384 g/mol. The third kappa shape index (κ3) is 5.09. The van der Waals surface area contributed by atoms with E-state index in [-0.39, 0.29) is 24.6 Å². The predicted molar refractivity (Wildman–Crippen MR) is 114 cm³/mol. The topological polar surface area (TPSA) is 104 Å². The predicted octanol–water partition coefficient (Wildman–Crippen LogP) is 2.56. The van der Waals surface area contributed by atoms with Crippen LogP contribution in [0.1, 0.15) is 30.0 Å². The number of carbonyl (C=O) groups excluding carboxylic acids is 2. The third-order valence-corrected chi connectivity index (χ3v) is 4.55. The molecular formula is C22H24N4O4. The van der Waals surface area contributed by atoms with Crippen LogP contribution in [0.15, 0.2) is 53.3 Å². The van der Waals surface area contributed by atoms with E-state index in [2.05, 4.69) is 15.3 Å². The summed E-state index contributed by atoms with van der Waals surface area (Å²) < 4.78 is 5.04. The second-order valence-corrected chi connectivity index (χ2v) is 6.65. The van der Waals surface area contributed by atoms with E-state index in [0.717, 1.165) is 0 Å².